The summed E-state index contributed by atoms with van der Waals surface area (Å²) in [6, 6.07) is 4.14. The second-order valence-electron chi connectivity index (χ2n) is 7.06. The Morgan fingerprint density at radius 3 is 2.37 bits per heavy atom. The number of hydrogen-bond acceptors (Lipinski definition) is 6. The van der Waals surface area contributed by atoms with Crippen LogP contribution in [0.15, 0.2) is 18.3 Å². The zero-order valence-electron chi connectivity index (χ0n) is 15.4. The van der Waals surface area contributed by atoms with Gasteiger partial charge >= 0.3 is 0 Å². The van der Waals surface area contributed by atoms with E-state index in [-0.39, 0.29) is 11.8 Å². The number of piperazine rings is 1. The lowest BCUT2D eigenvalue weighted by Gasteiger charge is -2.34. The van der Waals surface area contributed by atoms with E-state index in [1.165, 1.54) is 11.3 Å². The quantitative estimate of drug-likeness (QED) is 0.853. The molecule has 2 aliphatic rings. The van der Waals surface area contributed by atoms with Gasteiger partial charge in [-0.2, -0.15) is 0 Å². The second kappa shape index (κ2) is 7.77. The summed E-state index contributed by atoms with van der Waals surface area (Å²) in [7, 11) is 0. The van der Waals surface area contributed by atoms with E-state index in [4.69, 9.17) is 0 Å². The van der Waals surface area contributed by atoms with E-state index in [0.29, 0.717) is 37.9 Å². The number of amides is 2. The molecule has 0 aliphatic carbocycles. The van der Waals surface area contributed by atoms with Gasteiger partial charge in [-0.05, 0) is 45.0 Å². The minimum absolute atomic E-state index is 0.0528. The number of thiophene rings is 1. The summed E-state index contributed by atoms with van der Waals surface area (Å²) in [5, 5.41) is 11.6. The minimum atomic E-state index is -0.103. The van der Waals surface area contributed by atoms with Gasteiger partial charge < -0.3 is 15.1 Å². The van der Waals surface area contributed by atoms with E-state index in [1.54, 1.807) is 11.1 Å². The van der Waals surface area contributed by atoms with Crippen molar-refractivity contribution in [2.45, 2.75) is 25.8 Å². The smallest absolute Gasteiger partial charge is 0.276 e. The molecule has 2 aromatic rings. The molecule has 2 saturated heterocycles. The summed E-state index contributed by atoms with van der Waals surface area (Å²) in [6.07, 6.45) is 3.77. The van der Waals surface area contributed by atoms with Gasteiger partial charge in [-0.3, -0.25) is 9.59 Å². The zero-order valence-corrected chi connectivity index (χ0v) is 16.2. The van der Waals surface area contributed by atoms with Gasteiger partial charge in [-0.15, -0.1) is 16.4 Å². The van der Waals surface area contributed by atoms with Crippen molar-refractivity contribution in [3.63, 3.8) is 0 Å². The van der Waals surface area contributed by atoms with E-state index >= 15 is 0 Å². The maximum Gasteiger partial charge on any atom is 0.276 e. The van der Waals surface area contributed by atoms with Crippen molar-refractivity contribution in [3.8, 4) is 0 Å². The van der Waals surface area contributed by atoms with Gasteiger partial charge in [0.15, 0.2) is 5.69 Å². The third kappa shape index (κ3) is 3.89. The first-order chi connectivity index (χ1) is 13.1. The molecule has 0 saturated carbocycles. The molecular formula is C18H24N6O2S. The van der Waals surface area contributed by atoms with Gasteiger partial charge in [-0.1, -0.05) is 5.21 Å². The molecule has 0 spiro atoms. The van der Waals surface area contributed by atoms with Crippen LogP contribution in [-0.2, 0) is 0 Å². The van der Waals surface area contributed by atoms with Crippen molar-refractivity contribution >= 4 is 23.2 Å². The van der Waals surface area contributed by atoms with Crippen molar-refractivity contribution in [1.82, 2.24) is 30.1 Å². The molecule has 9 heteroatoms. The molecule has 144 valence electrons. The van der Waals surface area contributed by atoms with Crippen molar-refractivity contribution < 1.29 is 9.59 Å². The zero-order chi connectivity index (χ0) is 18.8. The molecule has 2 amide bonds. The Labute approximate surface area is 162 Å². The average Bonchev–Trinajstić information content (AvgIpc) is 3.37. The van der Waals surface area contributed by atoms with Crippen LogP contribution < -0.4 is 5.32 Å². The van der Waals surface area contributed by atoms with Gasteiger partial charge in [0, 0.05) is 31.1 Å². The summed E-state index contributed by atoms with van der Waals surface area (Å²) in [5.74, 6) is -0.0497. The minimum Gasteiger partial charge on any atom is -0.334 e. The number of carbonyl (C=O) groups is 2. The summed E-state index contributed by atoms with van der Waals surface area (Å²) in [5.41, 5.74) is 0.391. The first kappa shape index (κ1) is 18.1. The number of aromatic nitrogens is 3. The molecule has 0 aromatic carbocycles. The number of nitrogens with zero attached hydrogens (tertiary/aromatic N) is 5. The highest BCUT2D eigenvalue weighted by Crippen LogP contribution is 2.20. The monoisotopic (exact) mass is 388 g/mol. The Kier molecular flexibility index (Phi) is 5.22. The van der Waals surface area contributed by atoms with Crippen LogP contribution in [-0.4, -0.2) is 75.9 Å². The first-order valence-electron chi connectivity index (χ1n) is 9.39. The Morgan fingerprint density at radius 1 is 1.07 bits per heavy atom. The van der Waals surface area contributed by atoms with E-state index in [2.05, 4.69) is 15.6 Å². The van der Waals surface area contributed by atoms with E-state index < -0.39 is 0 Å². The standard InChI is InChI=1S/C18H24N6O2S/c1-13-2-3-16(27-13)18(26)23-10-8-22(9-11-23)17(25)15-12-24(21-20-15)14-4-6-19-7-5-14/h2-3,12,14,19H,4-11H2,1H3. The Hall–Kier alpha value is -2.26. The molecular weight excluding hydrogens is 364 g/mol. The molecule has 2 aromatic heterocycles. The number of aryl methyl sites for hydroxylation is 1. The van der Waals surface area contributed by atoms with Gasteiger partial charge in [0.2, 0.25) is 0 Å². The van der Waals surface area contributed by atoms with E-state index in [0.717, 1.165) is 35.7 Å². The molecule has 27 heavy (non-hydrogen) atoms. The number of piperidine rings is 1. The van der Waals surface area contributed by atoms with E-state index in [9.17, 15) is 9.59 Å². The fourth-order valence-electron chi connectivity index (χ4n) is 3.60. The van der Waals surface area contributed by atoms with Crippen LogP contribution in [0, 0.1) is 6.92 Å². The first-order valence-corrected chi connectivity index (χ1v) is 10.2. The van der Waals surface area contributed by atoms with E-state index in [1.807, 2.05) is 28.6 Å². The van der Waals surface area contributed by atoms with Crippen LogP contribution in [0.25, 0.3) is 0 Å². The fraction of sp³-hybridized carbons (Fsp3) is 0.556. The highest BCUT2D eigenvalue weighted by molar-refractivity contribution is 7.13. The predicted molar refractivity (Wildman–Crippen MR) is 102 cm³/mol. The fourth-order valence-corrected chi connectivity index (χ4v) is 4.44. The predicted octanol–water partition coefficient (Wildman–Crippen LogP) is 1.17. The van der Waals surface area contributed by atoms with Crippen LogP contribution in [0.1, 0.15) is 43.9 Å². The van der Waals surface area contributed by atoms with Crippen LogP contribution in [0.3, 0.4) is 0 Å². The third-order valence-corrected chi connectivity index (χ3v) is 6.21. The van der Waals surface area contributed by atoms with Gasteiger partial charge in [0.1, 0.15) is 0 Å². The van der Waals surface area contributed by atoms with Gasteiger partial charge in [-0.25, -0.2) is 4.68 Å². The third-order valence-electron chi connectivity index (χ3n) is 5.22. The molecule has 0 bridgehead atoms. The van der Waals surface area contributed by atoms with Crippen LogP contribution in [0.2, 0.25) is 0 Å². The van der Waals surface area contributed by atoms with Crippen molar-refractivity contribution in [1.29, 1.82) is 0 Å². The normalized spacial score (nSPS) is 18.7. The highest BCUT2D eigenvalue weighted by Gasteiger charge is 2.28. The largest absolute Gasteiger partial charge is 0.334 e. The van der Waals surface area contributed by atoms with Crippen molar-refractivity contribution in [2.24, 2.45) is 0 Å². The topological polar surface area (TPSA) is 83.4 Å². The van der Waals surface area contributed by atoms with Crippen molar-refractivity contribution in [2.75, 3.05) is 39.3 Å². The number of carbonyl (C=O) groups excluding carboxylic acids is 2. The van der Waals surface area contributed by atoms with Crippen molar-refractivity contribution in [3.05, 3.63) is 33.8 Å². The summed E-state index contributed by atoms with van der Waals surface area (Å²) >= 11 is 1.51. The number of hydrogen-bond donors (Lipinski definition) is 1. The molecule has 0 unspecified atom stereocenters. The van der Waals surface area contributed by atoms with Gasteiger partial charge in [0.25, 0.3) is 11.8 Å². The Bertz CT molecular complexity index is 817. The molecule has 2 aliphatic heterocycles. The Morgan fingerprint density at radius 2 is 1.74 bits per heavy atom. The lowest BCUT2D eigenvalue weighted by Crippen LogP contribution is -2.50. The maximum absolute atomic E-state index is 12.7. The molecule has 2 fully saturated rings. The molecule has 8 nitrogen and oxygen atoms in total. The molecule has 0 radical (unpaired) electrons. The average molecular weight is 388 g/mol. The van der Waals surface area contributed by atoms with Crippen LogP contribution in [0.5, 0.6) is 0 Å². The lowest BCUT2D eigenvalue weighted by atomic mass is 10.1. The van der Waals surface area contributed by atoms with Crippen LogP contribution in [0.4, 0.5) is 0 Å². The maximum atomic E-state index is 12.7. The summed E-state index contributed by atoms with van der Waals surface area (Å²) < 4.78 is 1.83. The SMILES string of the molecule is Cc1ccc(C(=O)N2CCN(C(=O)c3cn(C4CCNCC4)nn3)CC2)s1. The second-order valence-corrected chi connectivity index (χ2v) is 8.35. The number of nitrogens with one attached hydrogen (secondary N) is 1. The highest BCUT2D eigenvalue weighted by atomic mass is 32.1. The molecule has 1 N–H and O–H groups in total. The molecule has 0 atom stereocenters. The van der Waals surface area contributed by atoms with Gasteiger partial charge in [0.05, 0.1) is 17.1 Å². The summed E-state index contributed by atoms with van der Waals surface area (Å²) in [6.45, 7) is 6.06. The Balaban J connectivity index is 1.34. The summed E-state index contributed by atoms with van der Waals surface area (Å²) in [4.78, 5) is 30.8. The molecule has 4 rings (SSSR count). The van der Waals surface area contributed by atoms with Crippen LogP contribution >= 0.6 is 11.3 Å². The number of rotatable bonds is 3. The molecule has 4 heterocycles. The lowest BCUT2D eigenvalue weighted by molar-refractivity contribution is 0.0535.